The zero-order valence-electron chi connectivity index (χ0n) is 11.9. The van der Waals surface area contributed by atoms with E-state index in [1.54, 1.807) is 6.07 Å². The van der Waals surface area contributed by atoms with Gasteiger partial charge in [0, 0.05) is 24.3 Å². The molecule has 0 unspecified atom stereocenters. The third-order valence-electron chi connectivity index (χ3n) is 3.66. The Labute approximate surface area is 118 Å². The highest BCUT2D eigenvalue weighted by atomic mass is 16.1. The molecule has 20 heavy (non-hydrogen) atoms. The summed E-state index contributed by atoms with van der Waals surface area (Å²) in [6.45, 7) is 4.52. The summed E-state index contributed by atoms with van der Waals surface area (Å²) in [6.07, 6.45) is 2.41. The quantitative estimate of drug-likeness (QED) is 0.924. The fraction of sp³-hybridized carbons (Fsp3) is 0.375. The van der Waals surface area contributed by atoms with E-state index in [-0.39, 0.29) is 5.43 Å². The van der Waals surface area contributed by atoms with Crippen molar-refractivity contribution in [3.05, 3.63) is 57.5 Å². The lowest BCUT2D eigenvalue weighted by molar-refractivity contribution is 0.641. The summed E-state index contributed by atoms with van der Waals surface area (Å²) in [5.74, 6) is 0. The van der Waals surface area contributed by atoms with Crippen LogP contribution >= 0.6 is 0 Å². The monoisotopic (exact) mass is 269 g/mol. The molecule has 0 bridgehead atoms. The van der Waals surface area contributed by atoms with Crippen LogP contribution in [0.1, 0.15) is 29.8 Å². The summed E-state index contributed by atoms with van der Waals surface area (Å²) in [6, 6.07) is 10.3. The number of aromatic nitrogens is 2. The smallest absolute Gasteiger partial charge is 0.204 e. The molecule has 1 saturated carbocycles. The van der Waals surface area contributed by atoms with Crippen molar-refractivity contribution in [1.29, 1.82) is 0 Å². The van der Waals surface area contributed by atoms with Crippen molar-refractivity contribution in [2.45, 2.75) is 39.3 Å². The average molecular weight is 269 g/mol. The van der Waals surface area contributed by atoms with Gasteiger partial charge in [-0.2, -0.15) is 5.10 Å². The van der Waals surface area contributed by atoms with Gasteiger partial charge in [0.25, 0.3) is 0 Å². The fourth-order valence-electron chi connectivity index (χ4n) is 2.28. The molecule has 4 nitrogen and oxygen atoms in total. The second-order valence-electron chi connectivity index (χ2n) is 5.45. The van der Waals surface area contributed by atoms with E-state index >= 15 is 0 Å². The largest absolute Gasteiger partial charge is 0.308 e. The molecule has 1 aromatic carbocycles. The molecule has 4 heteroatoms. The zero-order chi connectivity index (χ0) is 14.1. The van der Waals surface area contributed by atoms with Gasteiger partial charge in [-0.05, 0) is 38.3 Å². The standard InChI is InChI=1S/C16H19N3O/c1-11-5-3-4-6-15(11)19-12(2)9-16(20)14(18-19)10-17-13-7-8-13/h3-6,9,13,17H,7-8,10H2,1-2H3. The number of rotatable bonds is 4. The van der Waals surface area contributed by atoms with E-state index in [1.807, 2.05) is 29.8 Å². The minimum Gasteiger partial charge on any atom is -0.308 e. The summed E-state index contributed by atoms with van der Waals surface area (Å²) in [5.41, 5.74) is 3.64. The van der Waals surface area contributed by atoms with Crippen LogP contribution in [-0.2, 0) is 6.54 Å². The highest BCUT2D eigenvalue weighted by Crippen LogP contribution is 2.19. The van der Waals surface area contributed by atoms with Crippen molar-refractivity contribution in [3.63, 3.8) is 0 Å². The normalized spacial score (nSPS) is 14.5. The number of aryl methyl sites for hydroxylation is 2. The molecule has 1 aromatic heterocycles. The van der Waals surface area contributed by atoms with E-state index in [0.29, 0.717) is 18.3 Å². The van der Waals surface area contributed by atoms with Crippen LogP contribution in [-0.4, -0.2) is 15.8 Å². The lowest BCUT2D eigenvalue weighted by Gasteiger charge is -2.13. The Bertz CT molecular complexity index is 686. The number of hydrogen-bond acceptors (Lipinski definition) is 3. The van der Waals surface area contributed by atoms with E-state index in [2.05, 4.69) is 23.4 Å². The second-order valence-corrected chi connectivity index (χ2v) is 5.45. The molecule has 0 amide bonds. The number of para-hydroxylation sites is 1. The van der Waals surface area contributed by atoms with Gasteiger partial charge in [-0.15, -0.1) is 0 Å². The third kappa shape index (κ3) is 2.65. The van der Waals surface area contributed by atoms with Crippen molar-refractivity contribution in [2.75, 3.05) is 0 Å². The summed E-state index contributed by atoms with van der Waals surface area (Å²) < 4.78 is 1.86. The van der Waals surface area contributed by atoms with Crippen LogP contribution in [0.4, 0.5) is 0 Å². The molecule has 0 radical (unpaired) electrons. The minimum atomic E-state index is 0.0143. The molecule has 104 valence electrons. The van der Waals surface area contributed by atoms with Gasteiger partial charge in [-0.3, -0.25) is 4.79 Å². The highest BCUT2D eigenvalue weighted by molar-refractivity contribution is 5.40. The van der Waals surface area contributed by atoms with Crippen molar-refractivity contribution in [1.82, 2.24) is 15.1 Å². The topological polar surface area (TPSA) is 46.9 Å². The molecule has 1 fully saturated rings. The Morgan fingerprint density at radius 3 is 2.75 bits per heavy atom. The Morgan fingerprint density at radius 2 is 2.05 bits per heavy atom. The lowest BCUT2D eigenvalue weighted by atomic mass is 10.2. The SMILES string of the molecule is Cc1ccccc1-n1nc(CNC2CC2)c(=O)cc1C. The fourth-order valence-corrected chi connectivity index (χ4v) is 2.28. The predicted molar refractivity (Wildman–Crippen MR) is 79.2 cm³/mol. The highest BCUT2D eigenvalue weighted by Gasteiger charge is 2.21. The first-order valence-corrected chi connectivity index (χ1v) is 7.04. The molecule has 1 N–H and O–H groups in total. The molecular formula is C16H19N3O. The van der Waals surface area contributed by atoms with Gasteiger partial charge in [-0.1, -0.05) is 18.2 Å². The van der Waals surface area contributed by atoms with E-state index in [0.717, 1.165) is 16.9 Å². The van der Waals surface area contributed by atoms with E-state index in [9.17, 15) is 4.79 Å². The van der Waals surface area contributed by atoms with Crippen LogP contribution in [0.2, 0.25) is 0 Å². The van der Waals surface area contributed by atoms with Gasteiger partial charge < -0.3 is 5.32 Å². The van der Waals surface area contributed by atoms with Crippen LogP contribution < -0.4 is 10.7 Å². The maximum atomic E-state index is 12.0. The molecule has 1 aliphatic carbocycles. The van der Waals surface area contributed by atoms with Crippen molar-refractivity contribution in [2.24, 2.45) is 0 Å². The van der Waals surface area contributed by atoms with E-state index in [4.69, 9.17) is 0 Å². The first kappa shape index (κ1) is 13.1. The molecule has 2 aromatic rings. The number of hydrogen-bond donors (Lipinski definition) is 1. The molecule has 1 heterocycles. The molecule has 0 aliphatic heterocycles. The van der Waals surface area contributed by atoms with E-state index < -0.39 is 0 Å². The van der Waals surface area contributed by atoms with Gasteiger partial charge in [-0.25, -0.2) is 4.68 Å². The first-order valence-electron chi connectivity index (χ1n) is 7.04. The maximum Gasteiger partial charge on any atom is 0.204 e. The second kappa shape index (κ2) is 5.21. The zero-order valence-corrected chi connectivity index (χ0v) is 11.9. The van der Waals surface area contributed by atoms with Crippen LogP contribution in [0, 0.1) is 13.8 Å². The summed E-state index contributed by atoms with van der Waals surface area (Å²) >= 11 is 0. The number of nitrogens with one attached hydrogen (secondary N) is 1. The van der Waals surface area contributed by atoms with Crippen molar-refractivity contribution in [3.8, 4) is 5.69 Å². The van der Waals surface area contributed by atoms with Crippen molar-refractivity contribution >= 4 is 0 Å². The lowest BCUT2D eigenvalue weighted by Crippen LogP contribution is -2.25. The van der Waals surface area contributed by atoms with Crippen LogP contribution in [0.25, 0.3) is 5.69 Å². The summed E-state index contributed by atoms with van der Waals surface area (Å²) in [7, 11) is 0. The summed E-state index contributed by atoms with van der Waals surface area (Å²) in [5, 5.41) is 7.89. The molecule has 3 rings (SSSR count). The molecular weight excluding hydrogens is 250 g/mol. The van der Waals surface area contributed by atoms with Crippen molar-refractivity contribution < 1.29 is 0 Å². The van der Waals surface area contributed by atoms with Gasteiger partial charge in [0.15, 0.2) is 0 Å². The third-order valence-corrected chi connectivity index (χ3v) is 3.66. The Morgan fingerprint density at radius 1 is 1.30 bits per heavy atom. The molecule has 1 aliphatic rings. The maximum absolute atomic E-state index is 12.0. The van der Waals surface area contributed by atoms with E-state index in [1.165, 1.54) is 12.8 Å². The van der Waals surface area contributed by atoms with Gasteiger partial charge in [0.1, 0.15) is 5.69 Å². The first-order chi connectivity index (χ1) is 9.65. The summed E-state index contributed by atoms with van der Waals surface area (Å²) in [4.78, 5) is 12.0. The number of nitrogens with zero attached hydrogens (tertiary/aromatic N) is 2. The molecule has 0 atom stereocenters. The predicted octanol–water partition coefficient (Wildman–Crippen LogP) is 2.10. The van der Waals surface area contributed by atoms with Crippen LogP contribution in [0.5, 0.6) is 0 Å². The van der Waals surface area contributed by atoms with Gasteiger partial charge in [0.2, 0.25) is 5.43 Å². The average Bonchev–Trinajstić information content (AvgIpc) is 3.23. The Balaban J connectivity index is 1.99. The minimum absolute atomic E-state index is 0.0143. The number of benzene rings is 1. The Kier molecular flexibility index (Phi) is 3.40. The van der Waals surface area contributed by atoms with Gasteiger partial charge >= 0.3 is 0 Å². The Hall–Kier alpha value is -1.94. The molecule has 0 spiro atoms. The van der Waals surface area contributed by atoms with Crippen LogP contribution in [0.3, 0.4) is 0 Å². The van der Waals surface area contributed by atoms with Crippen LogP contribution in [0.15, 0.2) is 35.1 Å². The van der Waals surface area contributed by atoms with Gasteiger partial charge in [0.05, 0.1) is 5.69 Å². The molecule has 0 saturated heterocycles.